The monoisotopic (exact) mass is 268 g/mol. The number of carbonyl (C=O) groups is 2. The van der Waals surface area contributed by atoms with Gasteiger partial charge in [-0.1, -0.05) is 6.58 Å². The molecule has 0 saturated carbocycles. The van der Waals surface area contributed by atoms with Gasteiger partial charge < -0.3 is 9.47 Å². The molecule has 0 rings (SSSR count). The largest absolute Gasteiger partial charge is 0.459 e. The van der Waals surface area contributed by atoms with Gasteiger partial charge in [0, 0.05) is 6.92 Å². The van der Waals surface area contributed by atoms with Crippen molar-refractivity contribution in [2.45, 2.75) is 38.7 Å². The summed E-state index contributed by atoms with van der Waals surface area (Å²) in [5.74, 6) is -6.73. The van der Waals surface area contributed by atoms with Gasteiger partial charge in [0.05, 0.1) is 6.42 Å². The molecule has 0 bridgehead atoms. The molecular formula is C11H15F3O4. The average Bonchev–Trinajstić information content (AvgIpc) is 2.11. The molecule has 0 aliphatic heterocycles. The molecule has 0 N–H and O–H groups in total. The van der Waals surface area contributed by atoms with Crippen molar-refractivity contribution in [3.05, 3.63) is 12.4 Å². The fourth-order valence-electron chi connectivity index (χ4n) is 0.948. The Hall–Kier alpha value is -1.53. The van der Waals surface area contributed by atoms with E-state index in [-0.39, 0.29) is 0 Å². The Kier molecular flexibility index (Phi) is 5.38. The van der Waals surface area contributed by atoms with Crippen molar-refractivity contribution in [3.8, 4) is 0 Å². The van der Waals surface area contributed by atoms with E-state index in [9.17, 15) is 22.8 Å². The van der Waals surface area contributed by atoms with Crippen LogP contribution in [0.4, 0.5) is 13.2 Å². The van der Waals surface area contributed by atoms with Gasteiger partial charge in [0.15, 0.2) is 6.61 Å². The van der Waals surface area contributed by atoms with E-state index >= 15 is 0 Å². The van der Waals surface area contributed by atoms with Crippen molar-refractivity contribution >= 4 is 11.9 Å². The summed E-state index contributed by atoms with van der Waals surface area (Å²) >= 11 is 0. The first-order valence-electron chi connectivity index (χ1n) is 5.04. The molecule has 0 aromatic rings. The van der Waals surface area contributed by atoms with Gasteiger partial charge in [0.1, 0.15) is 5.60 Å². The number of esters is 2. The number of halogens is 3. The highest BCUT2D eigenvalue weighted by Gasteiger charge is 2.30. The van der Waals surface area contributed by atoms with Crippen LogP contribution in [0.25, 0.3) is 0 Å². The molecule has 4 nitrogen and oxygen atoms in total. The van der Waals surface area contributed by atoms with Gasteiger partial charge in [-0.25, -0.2) is 13.6 Å². The van der Waals surface area contributed by atoms with Gasteiger partial charge in [0.2, 0.25) is 5.83 Å². The van der Waals surface area contributed by atoms with Crippen LogP contribution in [0, 0.1) is 0 Å². The van der Waals surface area contributed by atoms with Crippen molar-refractivity contribution in [3.63, 3.8) is 0 Å². The van der Waals surface area contributed by atoms with Crippen LogP contribution in [0.5, 0.6) is 0 Å². The number of rotatable bonds is 6. The second kappa shape index (κ2) is 5.88. The predicted octanol–water partition coefficient (Wildman–Crippen LogP) is 2.38. The molecule has 0 unspecified atom stereocenters. The minimum Gasteiger partial charge on any atom is -0.459 e. The van der Waals surface area contributed by atoms with Crippen LogP contribution in [-0.4, -0.2) is 30.1 Å². The maximum absolute atomic E-state index is 12.4. The highest BCUT2D eigenvalue weighted by Crippen LogP contribution is 2.19. The minimum atomic E-state index is -3.14. The summed E-state index contributed by atoms with van der Waals surface area (Å²) in [6.45, 7) is 4.90. The summed E-state index contributed by atoms with van der Waals surface area (Å²) < 4.78 is 46.1. The van der Waals surface area contributed by atoms with E-state index in [2.05, 4.69) is 16.1 Å². The Bertz CT molecular complexity index is 345. The summed E-state index contributed by atoms with van der Waals surface area (Å²) in [6.07, 6.45) is -0.470. The molecule has 7 heteroatoms. The highest BCUT2D eigenvalue weighted by atomic mass is 19.3. The SMILES string of the molecule is C=C(F)C(=O)OC(C)(C)CC(=O)OCC(C)(F)F. The number of hydrogen-bond acceptors (Lipinski definition) is 4. The lowest BCUT2D eigenvalue weighted by Gasteiger charge is -2.23. The molecule has 0 amide bonds. The lowest BCUT2D eigenvalue weighted by atomic mass is 10.1. The summed E-state index contributed by atoms with van der Waals surface area (Å²) in [5, 5.41) is 0. The smallest absolute Gasteiger partial charge is 0.367 e. The van der Waals surface area contributed by atoms with Crippen LogP contribution in [0.1, 0.15) is 27.2 Å². The Labute approximate surface area is 103 Å². The van der Waals surface area contributed by atoms with Gasteiger partial charge in [-0.05, 0) is 13.8 Å². The van der Waals surface area contributed by atoms with E-state index in [0.717, 1.165) is 0 Å². The molecule has 0 fully saturated rings. The fourth-order valence-corrected chi connectivity index (χ4v) is 0.948. The van der Waals surface area contributed by atoms with Crippen LogP contribution in [0.15, 0.2) is 12.4 Å². The third-order valence-electron chi connectivity index (χ3n) is 1.65. The maximum Gasteiger partial charge on any atom is 0.367 e. The first-order valence-corrected chi connectivity index (χ1v) is 5.04. The van der Waals surface area contributed by atoms with Crippen LogP contribution in [-0.2, 0) is 19.1 Å². The summed E-state index contributed by atoms with van der Waals surface area (Å²) in [5.41, 5.74) is -1.37. The van der Waals surface area contributed by atoms with E-state index in [1.807, 2.05) is 0 Å². The number of ether oxygens (including phenoxy) is 2. The van der Waals surface area contributed by atoms with Gasteiger partial charge in [-0.15, -0.1) is 0 Å². The van der Waals surface area contributed by atoms with E-state index in [1.54, 1.807) is 0 Å². The molecule has 104 valence electrons. The lowest BCUT2D eigenvalue weighted by molar-refractivity contribution is -0.165. The molecule has 0 aliphatic rings. The molecule has 0 radical (unpaired) electrons. The second-order valence-corrected chi connectivity index (χ2v) is 4.46. The maximum atomic E-state index is 12.4. The van der Waals surface area contributed by atoms with Crippen molar-refractivity contribution in [1.82, 2.24) is 0 Å². The fraction of sp³-hybridized carbons (Fsp3) is 0.636. The van der Waals surface area contributed by atoms with Crippen molar-refractivity contribution in [2.75, 3.05) is 6.61 Å². The average molecular weight is 268 g/mol. The zero-order valence-corrected chi connectivity index (χ0v) is 10.4. The number of carbonyl (C=O) groups excluding carboxylic acids is 2. The Balaban J connectivity index is 4.28. The molecule has 0 aromatic heterocycles. The Morgan fingerprint density at radius 1 is 1.22 bits per heavy atom. The van der Waals surface area contributed by atoms with Crippen molar-refractivity contribution in [1.29, 1.82) is 0 Å². The van der Waals surface area contributed by atoms with E-state index in [1.165, 1.54) is 13.8 Å². The minimum absolute atomic E-state index is 0.470. The van der Waals surface area contributed by atoms with Crippen LogP contribution in [0.2, 0.25) is 0 Å². The molecule has 18 heavy (non-hydrogen) atoms. The van der Waals surface area contributed by atoms with E-state index in [4.69, 9.17) is 0 Å². The second-order valence-electron chi connectivity index (χ2n) is 4.46. The summed E-state index contributed by atoms with van der Waals surface area (Å²) in [4.78, 5) is 22.1. The first-order chi connectivity index (χ1) is 7.93. The molecule has 0 aromatic carbocycles. The normalized spacial score (nSPS) is 11.9. The molecule has 0 atom stereocenters. The third kappa shape index (κ3) is 7.70. The molecular weight excluding hydrogens is 253 g/mol. The molecule has 0 saturated heterocycles. The summed E-state index contributed by atoms with van der Waals surface area (Å²) in [7, 11) is 0. The van der Waals surface area contributed by atoms with Gasteiger partial charge in [-0.3, -0.25) is 4.79 Å². The predicted molar refractivity (Wildman–Crippen MR) is 56.6 cm³/mol. The van der Waals surface area contributed by atoms with Crippen LogP contribution < -0.4 is 0 Å². The highest BCUT2D eigenvalue weighted by molar-refractivity contribution is 5.85. The molecule has 0 spiro atoms. The zero-order valence-electron chi connectivity index (χ0n) is 10.4. The third-order valence-corrected chi connectivity index (χ3v) is 1.65. The van der Waals surface area contributed by atoms with Gasteiger partial charge >= 0.3 is 11.9 Å². The van der Waals surface area contributed by atoms with Crippen LogP contribution in [0.3, 0.4) is 0 Å². The van der Waals surface area contributed by atoms with Crippen molar-refractivity contribution in [2.24, 2.45) is 0 Å². The zero-order chi connectivity index (χ0) is 14.6. The Morgan fingerprint density at radius 2 is 1.72 bits per heavy atom. The number of hydrogen-bond donors (Lipinski definition) is 0. The van der Waals surface area contributed by atoms with Gasteiger partial charge in [0.25, 0.3) is 5.92 Å². The molecule has 0 heterocycles. The van der Waals surface area contributed by atoms with E-state index < -0.39 is 42.3 Å². The summed E-state index contributed by atoms with van der Waals surface area (Å²) in [6, 6.07) is 0. The van der Waals surface area contributed by atoms with Crippen LogP contribution >= 0.6 is 0 Å². The quantitative estimate of drug-likeness (QED) is 0.548. The first kappa shape index (κ1) is 16.5. The Morgan fingerprint density at radius 3 is 2.11 bits per heavy atom. The lowest BCUT2D eigenvalue weighted by Crippen LogP contribution is -2.33. The van der Waals surface area contributed by atoms with Gasteiger partial charge in [-0.2, -0.15) is 4.39 Å². The molecule has 0 aliphatic carbocycles. The topological polar surface area (TPSA) is 52.6 Å². The standard InChI is InChI=1S/C11H15F3O4/c1-7(12)9(16)18-10(2,3)5-8(15)17-6-11(4,13)14/h1,5-6H2,2-4H3. The van der Waals surface area contributed by atoms with Crippen molar-refractivity contribution < 1.29 is 32.2 Å². The van der Waals surface area contributed by atoms with E-state index in [0.29, 0.717) is 6.92 Å². The number of alkyl halides is 2.